The van der Waals surface area contributed by atoms with Crippen molar-refractivity contribution in [3.63, 3.8) is 0 Å². The minimum absolute atomic E-state index is 0.375. The average Bonchev–Trinajstić information content (AvgIpc) is 3.47. The number of carbonyl (C=O) groups excluding carboxylic acids is 2. The Morgan fingerprint density at radius 3 is 2.65 bits per heavy atom. The number of imide groups is 1. The molecule has 0 unspecified atom stereocenters. The molecule has 0 radical (unpaired) electrons. The standard InChI is InChI=1S/C27H24N4O2S/c1-3-11-30(2)12-6-13-31-15-20(18-7-4-5-8-22(18)31)24-25(27(33)29-26(24)32)21-16-34-23-10-9-17(28)14-19(21)23/h1,4-5,7-10,14-16H,6,11-13,28H2,2H3,(H,29,32,33). The SMILES string of the molecule is C#CCN(C)CCCn1cc(C2=C(c3csc4ccc(N)cc34)C(=O)NC2=O)c2ccccc21. The molecular formula is C27H24N4O2S. The van der Waals surface area contributed by atoms with Gasteiger partial charge in [-0.15, -0.1) is 17.8 Å². The third-order valence-electron chi connectivity index (χ3n) is 6.16. The lowest BCUT2D eigenvalue weighted by molar-refractivity contribution is -0.122. The monoisotopic (exact) mass is 468 g/mol. The van der Waals surface area contributed by atoms with Crippen LogP contribution in [-0.2, 0) is 16.1 Å². The van der Waals surface area contributed by atoms with Crippen molar-refractivity contribution in [2.75, 3.05) is 25.9 Å². The lowest BCUT2D eigenvalue weighted by Crippen LogP contribution is -2.22. The fraction of sp³-hybridized carbons (Fsp3) is 0.185. The van der Waals surface area contributed by atoms with E-state index in [9.17, 15) is 9.59 Å². The number of anilines is 1. The van der Waals surface area contributed by atoms with Gasteiger partial charge < -0.3 is 10.3 Å². The molecule has 0 fully saturated rings. The Hall–Kier alpha value is -3.86. The molecule has 34 heavy (non-hydrogen) atoms. The molecular weight excluding hydrogens is 444 g/mol. The Kier molecular flexibility index (Phi) is 5.70. The van der Waals surface area contributed by atoms with Crippen molar-refractivity contribution in [1.29, 1.82) is 0 Å². The maximum Gasteiger partial charge on any atom is 0.259 e. The molecule has 0 atom stereocenters. The zero-order valence-corrected chi connectivity index (χ0v) is 19.6. The average molecular weight is 469 g/mol. The topological polar surface area (TPSA) is 80.4 Å². The van der Waals surface area contributed by atoms with E-state index in [0.717, 1.165) is 51.6 Å². The summed E-state index contributed by atoms with van der Waals surface area (Å²) in [6, 6.07) is 13.6. The Morgan fingerprint density at radius 2 is 1.85 bits per heavy atom. The molecule has 7 heteroatoms. The summed E-state index contributed by atoms with van der Waals surface area (Å²) in [5.41, 5.74) is 9.97. The third-order valence-corrected chi connectivity index (χ3v) is 7.12. The number of aromatic nitrogens is 1. The van der Waals surface area contributed by atoms with Gasteiger partial charge in [0.2, 0.25) is 0 Å². The van der Waals surface area contributed by atoms with E-state index in [1.165, 1.54) is 11.3 Å². The largest absolute Gasteiger partial charge is 0.399 e. The molecule has 6 nitrogen and oxygen atoms in total. The number of nitrogens with one attached hydrogen (secondary N) is 1. The molecule has 0 spiro atoms. The van der Waals surface area contributed by atoms with E-state index in [-0.39, 0.29) is 11.8 Å². The summed E-state index contributed by atoms with van der Waals surface area (Å²) >= 11 is 1.53. The van der Waals surface area contributed by atoms with Crippen LogP contribution in [0.4, 0.5) is 5.69 Å². The number of para-hydroxylation sites is 1. The van der Waals surface area contributed by atoms with Gasteiger partial charge in [0.25, 0.3) is 11.8 Å². The van der Waals surface area contributed by atoms with E-state index in [1.54, 1.807) is 0 Å². The van der Waals surface area contributed by atoms with Crippen molar-refractivity contribution in [2.24, 2.45) is 0 Å². The highest BCUT2D eigenvalue weighted by atomic mass is 32.1. The molecule has 2 amide bonds. The molecule has 1 aliphatic heterocycles. The van der Waals surface area contributed by atoms with Crippen LogP contribution in [0, 0.1) is 12.3 Å². The van der Waals surface area contributed by atoms with Crippen LogP contribution in [0.5, 0.6) is 0 Å². The van der Waals surface area contributed by atoms with Crippen molar-refractivity contribution >= 4 is 61.0 Å². The van der Waals surface area contributed by atoms with E-state index < -0.39 is 0 Å². The first-order chi connectivity index (χ1) is 16.5. The van der Waals surface area contributed by atoms with E-state index in [4.69, 9.17) is 12.2 Å². The number of amides is 2. The van der Waals surface area contributed by atoms with Gasteiger partial charge in [-0.1, -0.05) is 24.1 Å². The van der Waals surface area contributed by atoms with Gasteiger partial charge >= 0.3 is 0 Å². The normalized spacial score (nSPS) is 13.9. The van der Waals surface area contributed by atoms with Crippen LogP contribution in [0.3, 0.4) is 0 Å². The Labute approximate surface area is 201 Å². The molecule has 3 heterocycles. The minimum atomic E-state index is -0.380. The summed E-state index contributed by atoms with van der Waals surface area (Å²) in [5, 5.41) is 6.26. The molecule has 0 aliphatic carbocycles. The van der Waals surface area contributed by atoms with Gasteiger partial charge in [-0.25, -0.2) is 0 Å². The number of thiophene rings is 1. The lowest BCUT2D eigenvalue weighted by Gasteiger charge is -2.13. The van der Waals surface area contributed by atoms with Gasteiger partial charge in [0.15, 0.2) is 0 Å². The fourth-order valence-electron chi connectivity index (χ4n) is 4.59. The molecule has 0 bridgehead atoms. The number of nitrogen functional groups attached to an aromatic ring is 1. The van der Waals surface area contributed by atoms with Gasteiger partial charge in [-0.2, -0.15) is 0 Å². The number of rotatable bonds is 7. The summed E-state index contributed by atoms with van der Waals surface area (Å²) in [7, 11) is 2.00. The molecule has 2 aromatic heterocycles. The van der Waals surface area contributed by atoms with Crippen LogP contribution in [0.25, 0.3) is 32.1 Å². The van der Waals surface area contributed by atoms with Crippen molar-refractivity contribution < 1.29 is 9.59 Å². The highest BCUT2D eigenvalue weighted by Gasteiger charge is 2.35. The predicted molar refractivity (Wildman–Crippen MR) is 139 cm³/mol. The fourth-order valence-corrected chi connectivity index (χ4v) is 5.52. The van der Waals surface area contributed by atoms with Gasteiger partial charge in [0.1, 0.15) is 0 Å². The van der Waals surface area contributed by atoms with E-state index >= 15 is 0 Å². The number of benzene rings is 2. The lowest BCUT2D eigenvalue weighted by atomic mass is 9.95. The molecule has 2 aromatic carbocycles. The molecule has 170 valence electrons. The smallest absolute Gasteiger partial charge is 0.259 e. The molecule has 0 saturated heterocycles. The number of hydrogen-bond donors (Lipinski definition) is 2. The minimum Gasteiger partial charge on any atom is -0.399 e. The second-order valence-corrected chi connectivity index (χ2v) is 9.40. The second kappa shape index (κ2) is 8.82. The summed E-state index contributed by atoms with van der Waals surface area (Å²) in [5.74, 6) is 1.91. The summed E-state index contributed by atoms with van der Waals surface area (Å²) in [4.78, 5) is 28.2. The number of carbonyl (C=O) groups is 2. The number of fused-ring (bicyclic) bond motifs is 2. The van der Waals surface area contributed by atoms with E-state index in [1.807, 2.05) is 61.1 Å². The Balaban J connectivity index is 1.63. The summed E-state index contributed by atoms with van der Waals surface area (Å²) < 4.78 is 3.17. The Morgan fingerprint density at radius 1 is 1.09 bits per heavy atom. The molecule has 0 saturated carbocycles. The van der Waals surface area contributed by atoms with Crippen LogP contribution in [0.1, 0.15) is 17.5 Å². The maximum absolute atomic E-state index is 13.1. The zero-order chi connectivity index (χ0) is 23.8. The van der Waals surface area contributed by atoms with E-state index in [2.05, 4.69) is 20.7 Å². The number of aryl methyl sites for hydroxylation is 1. The summed E-state index contributed by atoms with van der Waals surface area (Å²) in [6.07, 6.45) is 8.30. The zero-order valence-electron chi connectivity index (χ0n) is 18.8. The van der Waals surface area contributed by atoms with Gasteiger partial charge in [0.05, 0.1) is 17.7 Å². The first-order valence-corrected chi connectivity index (χ1v) is 11.9. The van der Waals surface area contributed by atoms with Crippen LogP contribution in [-0.4, -0.2) is 41.4 Å². The van der Waals surface area contributed by atoms with Crippen molar-refractivity contribution in [3.8, 4) is 12.3 Å². The van der Waals surface area contributed by atoms with Crippen LogP contribution in [0.2, 0.25) is 0 Å². The first-order valence-electron chi connectivity index (χ1n) is 11.0. The Bertz CT molecular complexity index is 1520. The summed E-state index contributed by atoms with van der Waals surface area (Å²) in [6.45, 7) is 2.24. The van der Waals surface area contributed by atoms with Gasteiger partial charge in [-0.3, -0.25) is 19.8 Å². The number of hydrogen-bond acceptors (Lipinski definition) is 5. The van der Waals surface area contributed by atoms with Crippen molar-refractivity contribution in [1.82, 2.24) is 14.8 Å². The van der Waals surface area contributed by atoms with Crippen molar-refractivity contribution in [2.45, 2.75) is 13.0 Å². The van der Waals surface area contributed by atoms with Gasteiger partial charge in [-0.05, 0) is 37.7 Å². The predicted octanol–water partition coefficient (Wildman–Crippen LogP) is 3.96. The highest BCUT2D eigenvalue weighted by molar-refractivity contribution is 7.17. The number of terminal acetylenes is 1. The van der Waals surface area contributed by atoms with Crippen LogP contribution < -0.4 is 11.1 Å². The van der Waals surface area contributed by atoms with Crippen molar-refractivity contribution in [3.05, 3.63) is 65.2 Å². The number of nitrogens with zero attached hydrogens (tertiary/aromatic N) is 2. The third kappa shape index (κ3) is 3.77. The molecule has 1 aliphatic rings. The maximum atomic E-state index is 13.1. The molecule has 4 aromatic rings. The first kappa shape index (κ1) is 22.0. The van der Waals surface area contributed by atoms with Gasteiger partial charge in [0, 0.05) is 62.5 Å². The van der Waals surface area contributed by atoms with Crippen LogP contribution >= 0.6 is 11.3 Å². The quantitative estimate of drug-likeness (QED) is 0.244. The molecule has 3 N–H and O–H groups in total. The van der Waals surface area contributed by atoms with Crippen LogP contribution in [0.15, 0.2) is 54.0 Å². The van der Waals surface area contributed by atoms with E-state index in [0.29, 0.717) is 23.4 Å². The number of nitrogens with two attached hydrogens (primary N) is 1. The highest BCUT2D eigenvalue weighted by Crippen LogP contribution is 2.40. The molecule has 5 rings (SSSR count). The second-order valence-electron chi connectivity index (χ2n) is 8.49.